The van der Waals surface area contributed by atoms with Gasteiger partial charge >= 0.3 is 6.09 Å². The number of aromatic amines is 1. The third-order valence-corrected chi connectivity index (χ3v) is 4.12. The molecule has 0 atom stereocenters. The summed E-state index contributed by atoms with van der Waals surface area (Å²) in [5.41, 5.74) is 2.32. The maximum Gasteiger partial charge on any atom is 0.407 e. The fourth-order valence-electron chi connectivity index (χ4n) is 2.84. The summed E-state index contributed by atoms with van der Waals surface area (Å²) >= 11 is 5.98. The number of aromatic nitrogens is 1. The second-order valence-corrected chi connectivity index (χ2v) is 5.41. The molecule has 0 spiro atoms. The minimum absolute atomic E-state index is 0.422. The molecule has 2 heterocycles. The number of amides is 1. The molecule has 2 N–H and O–H groups in total. The van der Waals surface area contributed by atoms with Gasteiger partial charge in [-0.15, -0.1) is 0 Å². The summed E-state index contributed by atoms with van der Waals surface area (Å²) in [7, 11) is 0. The second kappa shape index (κ2) is 4.78. The van der Waals surface area contributed by atoms with Gasteiger partial charge in [-0.05, 0) is 36.5 Å². The molecular formula is C14H15ClN2O2. The predicted molar refractivity (Wildman–Crippen MR) is 74.9 cm³/mol. The lowest BCUT2D eigenvalue weighted by molar-refractivity contribution is 0.132. The number of H-pyrrole nitrogens is 1. The number of fused-ring (bicyclic) bond motifs is 1. The smallest absolute Gasteiger partial charge is 0.407 e. The molecule has 0 radical (unpaired) electrons. The van der Waals surface area contributed by atoms with E-state index in [9.17, 15) is 4.79 Å². The molecule has 0 saturated carbocycles. The molecule has 1 aromatic heterocycles. The lowest BCUT2D eigenvalue weighted by atomic mass is 9.89. The molecular weight excluding hydrogens is 264 g/mol. The van der Waals surface area contributed by atoms with Gasteiger partial charge in [0.1, 0.15) is 0 Å². The number of hydrogen-bond donors (Lipinski definition) is 2. The Balaban J connectivity index is 1.84. The van der Waals surface area contributed by atoms with Crippen molar-refractivity contribution in [3.8, 4) is 0 Å². The molecule has 1 saturated heterocycles. The lowest BCUT2D eigenvalue weighted by Gasteiger charge is -2.29. The third kappa shape index (κ3) is 2.28. The first-order valence-electron chi connectivity index (χ1n) is 6.39. The van der Waals surface area contributed by atoms with Gasteiger partial charge in [-0.1, -0.05) is 17.7 Å². The molecule has 5 heteroatoms. The van der Waals surface area contributed by atoms with E-state index in [0.717, 1.165) is 23.4 Å². The second-order valence-electron chi connectivity index (χ2n) is 4.98. The Morgan fingerprint density at radius 1 is 1.37 bits per heavy atom. The van der Waals surface area contributed by atoms with Crippen LogP contribution in [0.25, 0.3) is 10.9 Å². The van der Waals surface area contributed by atoms with Crippen LogP contribution in [0.4, 0.5) is 4.79 Å². The van der Waals surface area contributed by atoms with Crippen molar-refractivity contribution in [1.29, 1.82) is 0 Å². The number of rotatable bonds is 1. The fraction of sp³-hybridized carbons (Fsp3) is 0.357. The molecule has 0 aliphatic carbocycles. The number of benzene rings is 1. The molecule has 19 heavy (non-hydrogen) atoms. The van der Waals surface area contributed by atoms with Gasteiger partial charge in [0.15, 0.2) is 0 Å². The molecule has 1 aromatic carbocycles. The van der Waals surface area contributed by atoms with Gasteiger partial charge in [0.05, 0.1) is 0 Å². The highest BCUT2D eigenvalue weighted by molar-refractivity contribution is 6.31. The molecule has 3 rings (SSSR count). The van der Waals surface area contributed by atoms with Crippen LogP contribution in [0, 0.1) is 0 Å². The Morgan fingerprint density at radius 3 is 2.79 bits per heavy atom. The SMILES string of the molecule is O=C(O)N1CCC(c2c[nH]c3cc(Cl)ccc23)CC1. The largest absolute Gasteiger partial charge is 0.465 e. The quantitative estimate of drug-likeness (QED) is 0.836. The highest BCUT2D eigenvalue weighted by atomic mass is 35.5. The highest BCUT2D eigenvalue weighted by Gasteiger charge is 2.24. The third-order valence-electron chi connectivity index (χ3n) is 3.88. The van der Waals surface area contributed by atoms with Crippen molar-refractivity contribution < 1.29 is 9.90 Å². The number of hydrogen-bond acceptors (Lipinski definition) is 1. The van der Waals surface area contributed by atoms with Gasteiger partial charge in [0, 0.05) is 35.2 Å². The van der Waals surface area contributed by atoms with E-state index in [1.807, 2.05) is 24.4 Å². The first kappa shape index (κ1) is 12.4. The average molecular weight is 279 g/mol. The molecule has 1 aliphatic rings. The Labute approximate surface area is 116 Å². The molecule has 1 fully saturated rings. The maximum atomic E-state index is 10.9. The van der Waals surface area contributed by atoms with E-state index >= 15 is 0 Å². The first-order chi connectivity index (χ1) is 9.15. The molecule has 1 aliphatic heterocycles. The number of likely N-dealkylation sites (tertiary alicyclic amines) is 1. The Hall–Kier alpha value is -1.68. The van der Waals surface area contributed by atoms with E-state index in [1.165, 1.54) is 15.8 Å². The Kier molecular flexibility index (Phi) is 3.11. The average Bonchev–Trinajstić information content (AvgIpc) is 2.81. The summed E-state index contributed by atoms with van der Waals surface area (Å²) in [5, 5.41) is 10.9. The zero-order chi connectivity index (χ0) is 13.4. The summed E-state index contributed by atoms with van der Waals surface area (Å²) in [6.07, 6.45) is 2.97. The topological polar surface area (TPSA) is 56.3 Å². The Morgan fingerprint density at radius 2 is 2.11 bits per heavy atom. The number of carbonyl (C=O) groups is 1. The van der Waals surface area contributed by atoms with Crippen LogP contribution < -0.4 is 0 Å². The zero-order valence-corrected chi connectivity index (χ0v) is 11.2. The first-order valence-corrected chi connectivity index (χ1v) is 6.77. The maximum absolute atomic E-state index is 10.9. The molecule has 2 aromatic rings. The van der Waals surface area contributed by atoms with E-state index in [0.29, 0.717) is 19.0 Å². The van der Waals surface area contributed by atoms with Gasteiger partial charge in [-0.2, -0.15) is 0 Å². The van der Waals surface area contributed by atoms with E-state index in [2.05, 4.69) is 4.98 Å². The number of nitrogens with zero attached hydrogens (tertiary/aromatic N) is 1. The van der Waals surface area contributed by atoms with Crippen molar-refractivity contribution in [1.82, 2.24) is 9.88 Å². The summed E-state index contributed by atoms with van der Waals surface area (Å²) in [6, 6.07) is 5.85. The van der Waals surface area contributed by atoms with Gasteiger partial charge < -0.3 is 15.0 Å². The van der Waals surface area contributed by atoms with Crippen LogP contribution in [0.1, 0.15) is 24.3 Å². The summed E-state index contributed by atoms with van der Waals surface area (Å²) in [6.45, 7) is 1.22. The minimum atomic E-state index is -0.816. The van der Waals surface area contributed by atoms with Gasteiger partial charge in [-0.3, -0.25) is 0 Å². The standard InChI is InChI=1S/C14H15ClN2O2/c15-10-1-2-11-12(8-16-13(11)7-10)9-3-5-17(6-4-9)14(18)19/h1-2,7-9,16H,3-6H2,(H,18,19). The van der Waals surface area contributed by atoms with Crippen molar-refractivity contribution in [2.24, 2.45) is 0 Å². The number of halogens is 1. The summed E-state index contributed by atoms with van der Waals surface area (Å²) in [5.74, 6) is 0.422. The van der Waals surface area contributed by atoms with E-state index < -0.39 is 6.09 Å². The number of carboxylic acid groups (broad SMARTS) is 1. The van der Waals surface area contributed by atoms with Crippen molar-refractivity contribution in [3.05, 3.63) is 35.0 Å². The molecule has 0 bridgehead atoms. The highest BCUT2D eigenvalue weighted by Crippen LogP contribution is 2.33. The van der Waals surface area contributed by atoms with Crippen molar-refractivity contribution >= 4 is 28.6 Å². The summed E-state index contributed by atoms with van der Waals surface area (Å²) < 4.78 is 0. The van der Waals surface area contributed by atoms with Gasteiger partial charge in [-0.25, -0.2) is 4.79 Å². The van der Waals surface area contributed by atoms with E-state index in [4.69, 9.17) is 16.7 Å². The molecule has 4 nitrogen and oxygen atoms in total. The summed E-state index contributed by atoms with van der Waals surface area (Å²) in [4.78, 5) is 15.6. The van der Waals surface area contributed by atoms with Crippen LogP contribution in [0.3, 0.4) is 0 Å². The predicted octanol–water partition coefficient (Wildman–Crippen LogP) is 3.68. The van der Waals surface area contributed by atoms with Crippen LogP contribution >= 0.6 is 11.6 Å². The van der Waals surface area contributed by atoms with Crippen LogP contribution in [0.15, 0.2) is 24.4 Å². The lowest BCUT2D eigenvalue weighted by Crippen LogP contribution is -2.36. The molecule has 0 unspecified atom stereocenters. The van der Waals surface area contributed by atoms with Crippen LogP contribution in [-0.2, 0) is 0 Å². The van der Waals surface area contributed by atoms with Gasteiger partial charge in [0.25, 0.3) is 0 Å². The van der Waals surface area contributed by atoms with E-state index in [1.54, 1.807) is 0 Å². The van der Waals surface area contributed by atoms with Crippen molar-refractivity contribution in [3.63, 3.8) is 0 Å². The number of piperidine rings is 1. The van der Waals surface area contributed by atoms with Gasteiger partial charge in [0.2, 0.25) is 0 Å². The van der Waals surface area contributed by atoms with Crippen molar-refractivity contribution in [2.45, 2.75) is 18.8 Å². The van der Waals surface area contributed by atoms with Crippen LogP contribution in [0.5, 0.6) is 0 Å². The normalized spacial score (nSPS) is 17.0. The molecule has 100 valence electrons. The molecule has 1 amide bonds. The zero-order valence-electron chi connectivity index (χ0n) is 10.4. The van der Waals surface area contributed by atoms with Crippen LogP contribution in [-0.4, -0.2) is 34.2 Å². The van der Waals surface area contributed by atoms with Crippen LogP contribution in [0.2, 0.25) is 5.02 Å². The Bertz CT molecular complexity index is 615. The number of nitrogens with one attached hydrogen (secondary N) is 1. The van der Waals surface area contributed by atoms with Crippen molar-refractivity contribution in [2.75, 3.05) is 13.1 Å². The monoisotopic (exact) mass is 278 g/mol. The van der Waals surface area contributed by atoms with E-state index in [-0.39, 0.29) is 0 Å². The minimum Gasteiger partial charge on any atom is -0.465 e. The fourth-order valence-corrected chi connectivity index (χ4v) is 3.01.